The molecule has 0 saturated heterocycles. The Kier molecular flexibility index (Phi) is 2.37. The monoisotopic (exact) mass is 192 g/mol. The molecule has 1 aromatic rings. The van der Waals surface area contributed by atoms with Gasteiger partial charge in [-0.1, -0.05) is 6.07 Å². The van der Waals surface area contributed by atoms with Crippen LogP contribution >= 0.6 is 0 Å². The zero-order chi connectivity index (χ0) is 9.19. The maximum atomic E-state index is 12.0. The summed E-state index contributed by atoms with van der Waals surface area (Å²) in [5.41, 5.74) is -0.978. The molecule has 64 valence electrons. The van der Waals surface area contributed by atoms with Gasteiger partial charge in [0.2, 0.25) is 0 Å². The molecule has 0 radical (unpaired) electrons. The molecule has 0 amide bonds. The summed E-state index contributed by atoms with van der Waals surface area (Å²) in [5, 5.41) is 0. The fourth-order valence-corrected chi connectivity index (χ4v) is 0.734. The van der Waals surface area contributed by atoms with E-state index in [2.05, 4.69) is 21.8 Å². The van der Waals surface area contributed by atoms with Crippen molar-refractivity contribution in [2.75, 3.05) is 0 Å². The van der Waals surface area contributed by atoms with Crippen molar-refractivity contribution in [3.63, 3.8) is 0 Å². The van der Waals surface area contributed by atoms with E-state index in [9.17, 15) is 13.2 Å². The number of hydrogen-bond donors (Lipinski definition) is 0. The van der Waals surface area contributed by atoms with E-state index < -0.39 is 11.9 Å². The quantitative estimate of drug-likeness (QED) is 0.682. The molecular formula is C6H3F3N2S. The summed E-state index contributed by atoms with van der Waals surface area (Å²) in [5.74, 6) is -0.0974. The number of halogens is 3. The zero-order valence-corrected chi connectivity index (χ0v) is 6.49. The molecule has 0 aliphatic carbocycles. The number of nitrogens with zero attached hydrogens (tertiary/aromatic N) is 2. The molecule has 0 fully saturated rings. The van der Waals surface area contributed by atoms with Gasteiger partial charge in [-0.15, -0.1) is 0 Å². The maximum absolute atomic E-state index is 12.0. The van der Waals surface area contributed by atoms with Crippen LogP contribution in [0.4, 0.5) is 19.0 Å². The first-order valence-electron chi connectivity index (χ1n) is 2.91. The Morgan fingerprint density at radius 2 is 2.00 bits per heavy atom. The smallest absolute Gasteiger partial charge is 0.223 e. The molecule has 1 heterocycles. The summed E-state index contributed by atoms with van der Waals surface area (Å²) in [6, 6.07) is 3.38. The molecule has 0 aliphatic heterocycles. The van der Waals surface area contributed by atoms with Crippen molar-refractivity contribution >= 4 is 18.2 Å². The summed E-state index contributed by atoms with van der Waals surface area (Å²) >= 11 is 4.20. The van der Waals surface area contributed by atoms with Gasteiger partial charge in [-0.25, -0.2) is 4.98 Å². The van der Waals surface area contributed by atoms with Crippen molar-refractivity contribution in [2.24, 2.45) is 4.36 Å². The van der Waals surface area contributed by atoms with E-state index in [-0.39, 0.29) is 5.82 Å². The highest BCUT2D eigenvalue weighted by Gasteiger charge is 2.32. The van der Waals surface area contributed by atoms with Crippen molar-refractivity contribution in [3.05, 3.63) is 23.9 Å². The SMILES string of the molecule is FC(F)(F)c1cccc(N=S)n1. The van der Waals surface area contributed by atoms with Crippen LogP contribution in [0.2, 0.25) is 0 Å². The number of hydrogen-bond acceptors (Lipinski definition) is 3. The minimum absolute atomic E-state index is 0.0974. The van der Waals surface area contributed by atoms with Crippen molar-refractivity contribution in [1.29, 1.82) is 0 Å². The van der Waals surface area contributed by atoms with Gasteiger partial charge in [0.05, 0.1) is 0 Å². The second kappa shape index (κ2) is 3.14. The summed E-state index contributed by atoms with van der Waals surface area (Å²) in [7, 11) is 0. The highest BCUT2D eigenvalue weighted by atomic mass is 32.1. The second-order valence-corrected chi connectivity index (χ2v) is 2.15. The van der Waals surface area contributed by atoms with E-state index in [1.165, 1.54) is 12.1 Å². The number of pyridine rings is 1. The molecule has 0 saturated carbocycles. The van der Waals surface area contributed by atoms with E-state index in [4.69, 9.17) is 0 Å². The van der Waals surface area contributed by atoms with Crippen LogP contribution in [-0.4, -0.2) is 4.98 Å². The Hall–Kier alpha value is -1.04. The molecule has 0 N–H and O–H groups in total. The predicted molar refractivity (Wildman–Crippen MR) is 38.7 cm³/mol. The lowest BCUT2D eigenvalue weighted by atomic mass is 10.3. The van der Waals surface area contributed by atoms with Gasteiger partial charge in [0.1, 0.15) is 5.69 Å². The topological polar surface area (TPSA) is 25.2 Å². The maximum Gasteiger partial charge on any atom is 0.433 e. The average Bonchev–Trinajstić information content (AvgIpc) is 2.03. The van der Waals surface area contributed by atoms with Crippen molar-refractivity contribution in [2.45, 2.75) is 6.18 Å². The van der Waals surface area contributed by atoms with Gasteiger partial charge in [-0.05, 0) is 12.1 Å². The number of aromatic nitrogens is 1. The van der Waals surface area contributed by atoms with Gasteiger partial charge in [-0.2, -0.15) is 17.5 Å². The molecule has 0 bridgehead atoms. The summed E-state index contributed by atoms with van der Waals surface area (Å²) < 4.78 is 39.0. The number of alkyl halides is 3. The summed E-state index contributed by atoms with van der Waals surface area (Å²) in [6.07, 6.45) is -4.43. The Balaban J connectivity index is 3.10. The molecule has 0 aliphatic rings. The lowest BCUT2D eigenvalue weighted by molar-refractivity contribution is -0.141. The molecule has 1 rings (SSSR count). The third-order valence-corrected chi connectivity index (χ3v) is 1.31. The van der Waals surface area contributed by atoms with Gasteiger partial charge < -0.3 is 0 Å². The minimum Gasteiger partial charge on any atom is -0.223 e. The van der Waals surface area contributed by atoms with Crippen LogP contribution in [0.3, 0.4) is 0 Å². The lowest BCUT2D eigenvalue weighted by Gasteiger charge is -2.04. The Bertz CT molecular complexity index is 297. The largest absolute Gasteiger partial charge is 0.433 e. The van der Waals surface area contributed by atoms with Crippen molar-refractivity contribution < 1.29 is 13.2 Å². The van der Waals surface area contributed by atoms with Gasteiger partial charge in [-0.3, -0.25) is 0 Å². The highest BCUT2D eigenvalue weighted by Crippen LogP contribution is 2.28. The van der Waals surface area contributed by atoms with Crippen LogP contribution < -0.4 is 0 Å². The molecule has 0 unspecified atom stereocenters. The van der Waals surface area contributed by atoms with E-state index in [0.717, 1.165) is 6.07 Å². The van der Waals surface area contributed by atoms with E-state index in [1.54, 1.807) is 0 Å². The highest BCUT2D eigenvalue weighted by molar-refractivity contribution is 7.47. The predicted octanol–water partition coefficient (Wildman–Crippen LogP) is 2.46. The van der Waals surface area contributed by atoms with E-state index >= 15 is 0 Å². The Labute approximate surface area is 71.6 Å². The molecule has 0 spiro atoms. The van der Waals surface area contributed by atoms with E-state index in [0.29, 0.717) is 0 Å². The summed E-state index contributed by atoms with van der Waals surface area (Å²) in [4.78, 5) is 3.17. The van der Waals surface area contributed by atoms with Gasteiger partial charge in [0, 0.05) is 12.4 Å². The summed E-state index contributed by atoms with van der Waals surface area (Å²) in [6.45, 7) is 0. The van der Waals surface area contributed by atoms with Crippen LogP contribution in [-0.2, 0) is 18.6 Å². The lowest BCUT2D eigenvalue weighted by Crippen LogP contribution is -2.06. The standard InChI is InChI=1S/C6H3F3N2S/c7-6(8,9)4-2-1-3-5(10-4)11-12/h1-3H. The van der Waals surface area contributed by atoms with Crippen LogP contribution in [0, 0.1) is 0 Å². The normalized spacial score (nSPS) is 11.2. The van der Waals surface area contributed by atoms with E-state index in [1.807, 2.05) is 0 Å². The van der Waals surface area contributed by atoms with Crippen molar-refractivity contribution in [1.82, 2.24) is 4.98 Å². The van der Waals surface area contributed by atoms with Crippen LogP contribution in [0.5, 0.6) is 0 Å². The first-order valence-corrected chi connectivity index (χ1v) is 3.28. The molecule has 12 heavy (non-hydrogen) atoms. The third-order valence-electron chi connectivity index (χ3n) is 1.12. The average molecular weight is 192 g/mol. The van der Waals surface area contributed by atoms with Crippen LogP contribution in [0.25, 0.3) is 0 Å². The molecule has 0 aromatic carbocycles. The van der Waals surface area contributed by atoms with Gasteiger partial charge in [0.25, 0.3) is 0 Å². The minimum atomic E-state index is -4.43. The van der Waals surface area contributed by atoms with Gasteiger partial charge in [0.15, 0.2) is 5.82 Å². The molecular weight excluding hydrogens is 189 g/mol. The first-order chi connectivity index (χ1) is 5.54. The van der Waals surface area contributed by atoms with Crippen molar-refractivity contribution in [3.8, 4) is 0 Å². The number of rotatable bonds is 1. The van der Waals surface area contributed by atoms with Gasteiger partial charge >= 0.3 is 6.18 Å². The Morgan fingerprint density at radius 1 is 1.33 bits per heavy atom. The fourth-order valence-electron chi connectivity index (χ4n) is 0.632. The second-order valence-electron chi connectivity index (χ2n) is 1.97. The first kappa shape index (κ1) is 9.05. The molecule has 0 atom stereocenters. The zero-order valence-electron chi connectivity index (χ0n) is 5.67. The van der Waals surface area contributed by atoms with Crippen LogP contribution in [0.1, 0.15) is 5.69 Å². The molecule has 2 nitrogen and oxygen atoms in total. The Morgan fingerprint density at radius 3 is 2.50 bits per heavy atom. The third kappa shape index (κ3) is 1.97. The van der Waals surface area contributed by atoms with Crippen LogP contribution in [0.15, 0.2) is 22.6 Å². The fraction of sp³-hybridized carbons (Fsp3) is 0.167. The molecule has 6 heteroatoms. The molecule has 1 aromatic heterocycles.